The van der Waals surface area contributed by atoms with Gasteiger partial charge in [-0.3, -0.25) is 0 Å². The summed E-state index contributed by atoms with van der Waals surface area (Å²) in [5, 5.41) is 12.5. The van der Waals surface area contributed by atoms with Gasteiger partial charge in [-0.2, -0.15) is 10.2 Å². The maximum atomic E-state index is 9.33. The van der Waals surface area contributed by atoms with Gasteiger partial charge in [-0.25, -0.2) is 0 Å². The third-order valence-corrected chi connectivity index (χ3v) is 3.94. The maximum absolute atomic E-state index is 9.33. The van der Waals surface area contributed by atoms with Gasteiger partial charge in [0.15, 0.2) is 0 Å². The van der Waals surface area contributed by atoms with Crippen molar-refractivity contribution in [2.75, 3.05) is 12.4 Å². The molecule has 1 aromatic heterocycles. The standard InChI is InChI=1S/C21H19N3O2/c1-15(16-8-4-3-5-9-16)23-21-18(14-22)24-20(26-21)13-12-17-10-6-7-11-19(17)25-2/h3-13,15,23H,1-2H3/b13-12+/t15-/m1/s1. The van der Waals surface area contributed by atoms with Crippen molar-refractivity contribution in [2.24, 2.45) is 0 Å². The van der Waals surface area contributed by atoms with E-state index in [9.17, 15) is 5.26 Å². The Morgan fingerprint density at radius 2 is 1.85 bits per heavy atom. The number of anilines is 1. The summed E-state index contributed by atoms with van der Waals surface area (Å²) in [5.41, 5.74) is 2.23. The van der Waals surface area contributed by atoms with Crippen LogP contribution in [0.5, 0.6) is 5.75 Å². The average molecular weight is 345 g/mol. The predicted molar refractivity (Wildman–Crippen MR) is 102 cm³/mol. The van der Waals surface area contributed by atoms with E-state index in [1.165, 1.54) is 0 Å². The third kappa shape index (κ3) is 3.93. The van der Waals surface area contributed by atoms with E-state index in [1.54, 1.807) is 13.2 Å². The molecule has 2 aromatic carbocycles. The molecule has 3 aromatic rings. The number of rotatable bonds is 6. The lowest BCUT2D eigenvalue weighted by Gasteiger charge is -2.12. The number of nitrogens with zero attached hydrogens (tertiary/aromatic N) is 2. The van der Waals surface area contributed by atoms with Crippen LogP contribution in [0.2, 0.25) is 0 Å². The molecule has 1 heterocycles. The summed E-state index contributed by atoms with van der Waals surface area (Å²) in [5.74, 6) is 1.48. The van der Waals surface area contributed by atoms with Crippen molar-refractivity contribution in [1.29, 1.82) is 5.26 Å². The highest BCUT2D eigenvalue weighted by molar-refractivity contribution is 5.70. The molecule has 5 nitrogen and oxygen atoms in total. The number of hydrogen-bond acceptors (Lipinski definition) is 5. The predicted octanol–water partition coefficient (Wildman–Crippen LogP) is 4.90. The topological polar surface area (TPSA) is 71.1 Å². The van der Waals surface area contributed by atoms with Crippen molar-refractivity contribution in [3.63, 3.8) is 0 Å². The van der Waals surface area contributed by atoms with Gasteiger partial charge in [0.05, 0.1) is 13.2 Å². The molecule has 3 rings (SSSR count). The Balaban J connectivity index is 1.81. The lowest BCUT2D eigenvalue weighted by molar-refractivity contribution is 0.414. The minimum Gasteiger partial charge on any atom is -0.496 e. The minimum absolute atomic E-state index is 0.0118. The van der Waals surface area contributed by atoms with Gasteiger partial charge < -0.3 is 14.5 Å². The summed E-state index contributed by atoms with van der Waals surface area (Å²) in [6, 6.07) is 19.6. The summed E-state index contributed by atoms with van der Waals surface area (Å²) in [4.78, 5) is 4.23. The molecule has 0 saturated heterocycles. The highest BCUT2D eigenvalue weighted by Gasteiger charge is 2.14. The van der Waals surface area contributed by atoms with E-state index in [-0.39, 0.29) is 11.7 Å². The molecule has 0 bridgehead atoms. The minimum atomic E-state index is -0.0118. The Bertz CT molecular complexity index is 939. The molecular formula is C21H19N3O2. The molecule has 0 radical (unpaired) electrons. The Morgan fingerprint density at radius 3 is 2.58 bits per heavy atom. The summed E-state index contributed by atoms with van der Waals surface area (Å²) < 4.78 is 11.0. The molecule has 0 fully saturated rings. The SMILES string of the molecule is COc1ccccc1/C=C/c1nc(C#N)c(N[C@H](C)c2ccccc2)o1. The summed E-state index contributed by atoms with van der Waals surface area (Å²) in [7, 11) is 1.62. The molecule has 0 amide bonds. The Hall–Kier alpha value is -3.52. The van der Waals surface area contributed by atoms with Crippen LogP contribution in [-0.2, 0) is 0 Å². The van der Waals surface area contributed by atoms with Gasteiger partial charge >= 0.3 is 0 Å². The first-order valence-corrected chi connectivity index (χ1v) is 8.24. The number of hydrogen-bond donors (Lipinski definition) is 1. The van der Waals surface area contributed by atoms with E-state index in [0.717, 1.165) is 16.9 Å². The monoisotopic (exact) mass is 345 g/mol. The van der Waals surface area contributed by atoms with Gasteiger partial charge in [0.1, 0.15) is 11.8 Å². The molecule has 0 saturated carbocycles. The summed E-state index contributed by atoms with van der Waals surface area (Å²) >= 11 is 0. The van der Waals surface area contributed by atoms with Crippen molar-refractivity contribution in [1.82, 2.24) is 4.98 Å². The van der Waals surface area contributed by atoms with Crippen LogP contribution >= 0.6 is 0 Å². The zero-order valence-corrected chi connectivity index (χ0v) is 14.6. The van der Waals surface area contributed by atoms with Crippen LogP contribution in [0.3, 0.4) is 0 Å². The highest BCUT2D eigenvalue weighted by Crippen LogP contribution is 2.25. The lowest BCUT2D eigenvalue weighted by Crippen LogP contribution is -2.06. The Morgan fingerprint density at radius 1 is 1.12 bits per heavy atom. The fraction of sp³-hybridized carbons (Fsp3) is 0.143. The van der Waals surface area contributed by atoms with Crippen molar-refractivity contribution in [3.05, 3.63) is 77.3 Å². The average Bonchev–Trinajstić information content (AvgIpc) is 3.09. The summed E-state index contributed by atoms with van der Waals surface area (Å²) in [6.45, 7) is 2.00. The van der Waals surface area contributed by atoms with E-state index >= 15 is 0 Å². The van der Waals surface area contributed by atoms with Crippen LogP contribution in [0, 0.1) is 11.3 Å². The normalized spacial score (nSPS) is 11.9. The molecular weight excluding hydrogens is 326 g/mol. The van der Waals surface area contributed by atoms with Crippen LogP contribution in [0.25, 0.3) is 12.2 Å². The second-order valence-corrected chi connectivity index (χ2v) is 5.69. The van der Waals surface area contributed by atoms with Gasteiger partial charge in [0.25, 0.3) is 0 Å². The lowest BCUT2D eigenvalue weighted by atomic mass is 10.1. The fourth-order valence-corrected chi connectivity index (χ4v) is 2.57. The molecule has 0 unspecified atom stereocenters. The maximum Gasteiger partial charge on any atom is 0.233 e. The Labute approximate surface area is 152 Å². The van der Waals surface area contributed by atoms with Crippen LogP contribution in [-0.4, -0.2) is 12.1 Å². The molecule has 1 N–H and O–H groups in total. The van der Waals surface area contributed by atoms with Crippen LogP contribution < -0.4 is 10.1 Å². The van der Waals surface area contributed by atoms with Crippen molar-refractivity contribution in [2.45, 2.75) is 13.0 Å². The molecule has 1 atom stereocenters. The second-order valence-electron chi connectivity index (χ2n) is 5.69. The largest absolute Gasteiger partial charge is 0.496 e. The van der Waals surface area contributed by atoms with Crippen molar-refractivity contribution >= 4 is 18.0 Å². The number of methoxy groups -OCH3 is 1. The number of aromatic nitrogens is 1. The first-order valence-electron chi connectivity index (χ1n) is 8.24. The first-order chi connectivity index (χ1) is 12.7. The number of oxazole rings is 1. The quantitative estimate of drug-likeness (QED) is 0.688. The van der Waals surface area contributed by atoms with Gasteiger partial charge in [-0.1, -0.05) is 48.5 Å². The molecule has 26 heavy (non-hydrogen) atoms. The van der Waals surface area contributed by atoms with E-state index in [2.05, 4.69) is 16.4 Å². The van der Waals surface area contributed by atoms with Crippen LogP contribution in [0.15, 0.2) is 59.0 Å². The first kappa shape index (κ1) is 17.3. The van der Waals surface area contributed by atoms with Gasteiger partial charge in [-0.15, -0.1) is 0 Å². The van der Waals surface area contributed by atoms with Crippen LogP contribution in [0.1, 0.15) is 35.7 Å². The van der Waals surface area contributed by atoms with E-state index < -0.39 is 0 Å². The highest BCUT2D eigenvalue weighted by atomic mass is 16.5. The zero-order chi connectivity index (χ0) is 18.4. The molecule has 0 aliphatic heterocycles. The van der Waals surface area contributed by atoms with Gasteiger partial charge in [-0.05, 0) is 24.6 Å². The molecule has 5 heteroatoms. The number of para-hydroxylation sites is 1. The van der Waals surface area contributed by atoms with E-state index in [4.69, 9.17) is 9.15 Å². The Kier molecular flexibility index (Phi) is 5.35. The van der Waals surface area contributed by atoms with Crippen molar-refractivity contribution < 1.29 is 9.15 Å². The third-order valence-electron chi connectivity index (χ3n) is 3.94. The van der Waals surface area contributed by atoms with E-state index in [0.29, 0.717) is 11.8 Å². The summed E-state index contributed by atoms with van der Waals surface area (Å²) in [6.07, 6.45) is 3.56. The number of nitrogens with one attached hydrogen (secondary N) is 1. The molecule has 130 valence electrons. The van der Waals surface area contributed by atoms with Gasteiger partial charge in [0.2, 0.25) is 17.5 Å². The second kappa shape index (κ2) is 8.04. The fourth-order valence-electron chi connectivity index (χ4n) is 2.57. The smallest absolute Gasteiger partial charge is 0.233 e. The van der Waals surface area contributed by atoms with Gasteiger partial charge in [0, 0.05) is 11.6 Å². The van der Waals surface area contributed by atoms with E-state index in [1.807, 2.05) is 67.6 Å². The molecule has 0 aliphatic rings. The molecule has 0 aliphatic carbocycles. The molecule has 0 spiro atoms. The van der Waals surface area contributed by atoms with Crippen molar-refractivity contribution in [3.8, 4) is 11.8 Å². The number of benzene rings is 2. The number of ether oxygens (including phenoxy) is 1. The van der Waals surface area contributed by atoms with Crippen LogP contribution in [0.4, 0.5) is 5.88 Å². The zero-order valence-electron chi connectivity index (χ0n) is 14.6. The number of nitriles is 1.